The van der Waals surface area contributed by atoms with Crippen LogP contribution in [0.1, 0.15) is 72.2 Å². The molecule has 34 heavy (non-hydrogen) atoms. The molecule has 1 aliphatic carbocycles. The van der Waals surface area contributed by atoms with Crippen molar-refractivity contribution in [1.29, 1.82) is 0 Å². The van der Waals surface area contributed by atoms with Crippen LogP contribution in [0.2, 0.25) is 0 Å². The number of aromatic nitrogens is 2. The zero-order chi connectivity index (χ0) is 24.3. The van der Waals surface area contributed by atoms with Gasteiger partial charge in [-0.25, -0.2) is 4.98 Å². The molecule has 2 saturated heterocycles. The summed E-state index contributed by atoms with van der Waals surface area (Å²) in [7, 11) is -0.396. The standard InChI is InChI=1S/C25H33BN4O4/c1-16(31)29-25(12-13-25)22(32)30-14-6-7-20(30)21-27-15-19(28-21)17-8-10-18(11-9-17)26-33-23(2,3)24(4,5)34-26/h8-11,15,20H,6-7,12-14H2,1-5H3,(H,27,28)(H,29,31)/t20-/m0/s1. The monoisotopic (exact) mass is 464 g/mol. The molecule has 3 heterocycles. The second-order valence-corrected chi connectivity index (χ2v) is 10.8. The van der Waals surface area contributed by atoms with Crippen LogP contribution in [0.3, 0.4) is 0 Å². The number of rotatable bonds is 5. The second kappa shape index (κ2) is 7.95. The molecule has 8 nitrogen and oxygen atoms in total. The third kappa shape index (κ3) is 3.94. The van der Waals surface area contributed by atoms with Crippen molar-refractivity contribution >= 4 is 24.4 Å². The van der Waals surface area contributed by atoms with E-state index in [1.54, 1.807) is 0 Å². The number of nitrogens with one attached hydrogen (secondary N) is 2. The van der Waals surface area contributed by atoms with Gasteiger partial charge in [0.05, 0.1) is 29.1 Å². The number of benzene rings is 1. The van der Waals surface area contributed by atoms with Gasteiger partial charge in [0, 0.05) is 13.5 Å². The maximum absolute atomic E-state index is 13.2. The molecule has 0 bridgehead atoms. The van der Waals surface area contributed by atoms with Crippen molar-refractivity contribution < 1.29 is 18.9 Å². The van der Waals surface area contributed by atoms with Crippen molar-refractivity contribution in [2.75, 3.05) is 6.54 Å². The minimum Gasteiger partial charge on any atom is -0.399 e. The van der Waals surface area contributed by atoms with Crippen molar-refractivity contribution in [3.63, 3.8) is 0 Å². The summed E-state index contributed by atoms with van der Waals surface area (Å²) in [6.45, 7) is 10.3. The number of amides is 2. The first kappa shape index (κ1) is 23.1. The Morgan fingerprint density at radius 2 is 1.76 bits per heavy atom. The molecule has 1 atom stereocenters. The molecule has 2 N–H and O–H groups in total. The molecule has 1 saturated carbocycles. The van der Waals surface area contributed by atoms with E-state index in [0.29, 0.717) is 19.4 Å². The summed E-state index contributed by atoms with van der Waals surface area (Å²) in [6.07, 6.45) is 5.00. The summed E-state index contributed by atoms with van der Waals surface area (Å²) in [6, 6.07) is 8.01. The van der Waals surface area contributed by atoms with E-state index in [1.165, 1.54) is 6.92 Å². The van der Waals surface area contributed by atoms with Crippen LogP contribution in [0.4, 0.5) is 0 Å². The van der Waals surface area contributed by atoms with E-state index in [0.717, 1.165) is 35.4 Å². The molecule has 3 aliphatic rings. The van der Waals surface area contributed by atoms with E-state index in [1.807, 2.05) is 63.1 Å². The molecule has 0 unspecified atom stereocenters. The molecular formula is C25H33BN4O4. The van der Waals surface area contributed by atoms with Gasteiger partial charge in [0.15, 0.2) is 0 Å². The minimum atomic E-state index is -0.715. The molecule has 9 heteroatoms. The van der Waals surface area contributed by atoms with E-state index in [-0.39, 0.29) is 29.1 Å². The third-order valence-electron chi connectivity index (χ3n) is 7.75. The normalized spacial score (nSPS) is 24.3. The SMILES string of the molecule is CC(=O)NC1(C(=O)N2CCC[C@H]2c2ncc(-c3ccc(B4OC(C)(C)C(C)(C)O4)cc3)[nH]2)CC1. The van der Waals surface area contributed by atoms with E-state index in [2.05, 4.69) is 15.3 Å². The first-order chi connectivity index (χ1) is 16.0. The lowest BCUT2D eigenvalue weighted by atomic mass is 9.79. The van der Waals surface area contributed by atoms with E-state index in [4.69, 9.17) is 9.31 Å². The Bertz CT molecular complexity index is 1090. The first-order valence-electron chi connectivity index (χ1n) is 12.1. The Hall–Kier alpha value is -2.65. The second-order valence-electron chi connectivity index (χ2n) is 10.8. The predicted molar refractivity (Wildman–Crippen MR) is 129 cm³/mol. The van der Waals surface area contributed by atoms with Gasteiger partial charge in [0.25, 0.3) is 0 Å². The van der Waals surface area contributed by atoms with Gasteiger partial charge in [-0.3, -0.25) is 9.59 Å². The summed E-state index contributed by atoms with van der Waals surface area (Å²) in [5.74, 6) is 0.635. The molecule has 0 spiro atoms. The highest BCUT2D eigenvalue weighted by molar-refractivity contribution is 6.62. The Morgan fingerprint density at radius 3 is 2.35 bits per heavy atom. The van der Waals surface area contributed by atoms with Gasteiger partial charge >= 0.3 is 7.12 Å². The van der Waals surface area contributed by atoms with Crippen LogP contribution in [-0.4, -0.2) is 57.1 Å². The van der Waals surface area contributed by atoms with E-state index in [9.17, 15) is 9.59 Å². The fourth-order valence-corrected chi connectivity index (χ4v) is 4.87. The van der Waals surface area contributed by atoms with Crippen molar-refractivity contribution in [3.8, 4) is 11.3 Å². The lowest BCUT2D eigenvalue weighted by molar-refractivity contribution is -0.138. The fourth-order valence-electron chi connectivity index (χ4n) is 4.87. The molecule has 2 aliphatic heterocycles. The van der Waals surface area contributed by atoms with E-state index < -0.39 is 12.7 Å². The zero-order valence-corrected chi connectivity index (χ0v) is 20.6. The van der Waals surface area contributed by atoms with Crippen molar-refractivity contribution in [2.45, 2.75) is 83.1 Å². The number of carbonyl (C=O) groups excluding carboxylic acids is 2. The molecule has 1 aromatic carbocycles. The van der Waals surface area contributed by atoms with Crippen molar-refractivity contribution in [2.24, 2.45) is 0 Å². The molecular weight excluding hydrogens is 431 g/mol. The zero-order valence-electron chi connectivity index (χ0n) is 20.6. The van der Waals surface area contributed by atoms with Crippen LogP contribution < -0.4 is 10.8 Å². The van der Waals surface area contributed by atoms with Gasteiger partial charge < -0.3 is 24.5 Å². The number of carbonyl (C=O) groups is 2. The van der Waals surface area contributed by atoms with Gasteiger partial charge in [0.2, 0.25) is 11.8 Å². The lowest BCUT2D eigenvalue weighted by Gasteiger charge is -2.32. The smallest absolute Gasteiger partial charge is 0.399 e. The highest BCUT2D eigenvalue weighted by Crippen LogP contribution is 2.42. The Kier molecular flexibility index (Phi) is 5.41. The Balaban J connectivity index is 1.30. The number of imidazole rings is 1. The molecule has 2 amide bonds. The summed E-state index contributed by atoms with van der Waals surface area (Å²) in [5.41, 5.74) is 1.41. The maximum Gasteiger partial charge on any atom is 0.494 e. The highest BCUT2D eigenvalue weighted by atomic mass is 16.7. The summed E-state index contributed by atoms with van der Waals surface area (Å²) in [5, 5.41) is 2.87. The molecule has 1 aromatic heterocycles. The van der Waals surface area contributed by atoms with Crippen molar-refractivity contribution in [1.82, 2.24) is 20.2 Å². The third-order valence-corrected chi connectivity index (χ3v) is 7.75. The van der Waals surface area contributed by atoms with Crippen LogP contribution >= 0.6 is 0 Å². The topological polar surface area (TPSA) is 96.6 Å². The first-order valence-corrected chi connectivity index (χ1v) is 12.1. The molecule has 180 valence electrons. The minimum absolute atomic E-state index is 0.00918. The van der Waals surface area contributed by atoms with Gasteiger partial charge in [-0.05, 0) is 64.4 Å². The number of H-pyrrole nitrogens is 1. The predicted octanol–water partition coefficient (Wildman–Crippen LogP) is 2.71. The van der Waals surface area contributed by atoms with E-state index >= 15 is 0 Å². The molecule has 5 rings (SSSR count). The maximum atomic E-state index is 13.2. The highest BCUT2D eigenvalue weighted by Gasteiger charge is 2.54. The summed E-state index contributed by atoms with van der Waals surface area (Å²) < 4.78 is 12.3. The molecule has 0 radical (unpaired) electrons. The lowest BCUT2D eigenvalue weighted by Crippen LogP contribution is -2.50. The number of nitrogens with zero attached hydrogens (tertiary/aromatic N) is 2. The largest absolute Gasteiger partial charge is 0.494 e. The van der Waals surface area contributed by atoms with Crippen LogP contribution in [0.5, 0.6) is 0 Å². The Labute approximate surface area is 200 Å². The summed E-state index contributed by atoms with van der Waals surface area (Å²) >= 11 is 0. The number of hydrogen-bond acceptors (Lipinski definition) is 5. The molecule has 2 aromatic rings. The average molecular weight is 464 g/mol. The number of hydrogen-bond donors (Lipinski definition) is 2. The Morgan fingerprint density at radius 1 is 1.12 bits per heavy atom. The average Bonchev–Trinajstić information content (AvgIpc) is 3.13. The summed E-state index contributed by atoms with van der Waals surface area (Å²) in [4.78, 5) is 34.7. The van der Waals surface area contributed by atoms with Gasteiger partial charge in [-0.2, -0.15) is 0 Å². The number of likely N-dealkylation sites (tertiary alicyclic amines) is 1. The van der Waals surface area contributed by atoms with Crippen molar-refractivity contribution in [3.05, 3.63) is 36.3 Å². The van der Waals surface area contributed by atoms with Gasteiger partial charge in [-0.15, -0.1) is 0 Å². The van der Waals surface area contributed by atoms with Gasteiger partial charge in [-0.1, -0.05) is 24.3 Å². The van der Waals surface area contributed by atoms with Gasteiger partial charge in [0.1, 0.15) is 11.4 Å². The quantitative estimate of drug-likeness (QED) is 0.664. The fraction of sp³-hybridized carbons (Fsp3) is 0.560. The van der Waals surface area contributed by atoms with Crippen LogP contribution in [-0.2, 0) is 18.9 Å². The van der Waals surface area contributed by atoms with Crippen LogP contribution in [0.15, 0.2) is 30.5 Å². The van der Waals surface area contributed by atoms with Crippen LogP contribution in [0, 0.1) is 0 Å². The van der Waals surface area contributed by atoms with Crippen LogP contribution in [0.25, 0.3) is 11.3 Å². The number of aromatic amines is 1. The molecule has 3 fully saturated rings.